The minimum absolute atomic E-state index is 0.680. The Morgan fingerprint density at radius 3 is 1.38 bits per heavy atom. The van der Waals surface area contributed by atoms with E-state index in [9.17, 15) is 0 Å². The fourth-order valence-electron chi connectivity index (χ4n) is 8.91. The first-order chi connectivity index (χ1) is 26.2. The van der Waals surface area contributed by atoms with E-state index >= 15 is 0 Å². The second-order valence-electron chi connectivity index (χ2n) is 13.9. The summed E-state index contributed by atoms with van der Waals surface area (Å²) in [5.41, 5.74) is 11.8. The van der Waals surface area contributed by atoms with E-state index in [2.05, 4.69) is 165 Å². The summed E-state index contributed by atoms with van der Waals surface area (Å²) in [4.78, 5) is 0. The fourth-order valence-corrected chi connectivity index (χ4v) is 9.08. The van der Waals surface area contributed by atoms with Crippen LogP contribution in [0.25, 0.3) is 104 Å². The molecule has 4 heterocycles. The van der Waals surface area contributed by atoms with Gasteiger partial charge in [0.05, 0.1) is 49.9 Å². The van der Waals surface area contributed by atoms with E-state index in [1.807, 2.05) is 18.2 Å². The number of rotatable bonds is 3. The number of hydrogen-bond donors (Lipinski definition) is 0. The zero-order valence-electron chi connectivity index (χ0n) is 28.3. The molecule has 0 fully saturated rings. The largest absolute Gasteiger partial charge is 0.456 e. The number of halogens is 1. The molecule has 0 amide bonds. The molecule has 0 aliphatic heterocycles. The molecule has 4 aromatic heterocycles. The van der Waals surface area contributed by atoms with Crippen LogP contribution < -0.4 is 0 Å². The van der Waals surface area contributed by atoms with Gasteiger partial charge in [0, 0.05) is 54.5 Å². The van der Waals surface area contributed by atoms with Crippen LogP contribution in [0.4, 0.5) is 0 Å². The summed E-state index contributed by atoms with van der Waals surface area (Å²) in [5.74, 6) is 0. The molecule has 248 valence electrons. The van der Waals surface area contributed by atoms with Crippen LogP contribution in [0, 0.1) is 0 Å². The Morgan fingerprint density at radius 1 is 0.340 bits per heavy atom. The van der Waals surface area contributed by atoms with Crippen molar-refractivity contribution in [1.82, 2.24) is 13.7 Å². The predicted molar refractivity (Wildman–Crippen MR) is 222 cm³/mol. The first-order valence-electron chi connectivity index (χ1n) is 17.9. The van der Waals surface area contributed by atoms with E-state index in [4.69, 9.17) is 16.0 Å². The summed E-state index contributed by atoms with van der Waals surface area (Å²) in [6, 6.07) is 60.7. The molecule has 0 spiro atoms. The highest BCUT2D eigenvalue weighted by Gasteiger charge is 2.22. The maximum atomic E-state index is 6.69. The van der Waals surface area contributed by atoms with Crippen LogP contribution in [0.3, 0.4) is 0 Å². The quantitative estimate of drug-likeness (QED) is 0.181. The Morgan fingerprint density at radius 2 is 0.811 bits per heavy atom. The topological polar surface area (TPSA) is 27.9 Å². The molecule has 4 nitrogen and oxygen atoms in total. The van der Waals surface area contributed by atoms with E-state index in [1.165, 1.54) is 43.4 Å². The van der Waals surface area contributed by atoms with Gasteiger partial charge in [-0.1, -0.05) is 103 Å². The van der Waals surface area contributed by atoms with Gasteiger partial charge in [0.15, 0.2) is 0 Å². The summed E-state index contributed by atoms with van der Waals surface area (Å²) in [6.45, 7) is 0. The van der Waals surface area contributed by atoms with Crippen molar-refractivity contribution < 1.29 is 4.42 Å². The molecule has 53 heavy (non-hydrogen) atoms. The summed E-state index contributed by atoms with van der Waals surface area (Å²) in [5, 5.41) is 10.0. The molecule has 5 heteroatoms. The van der Waals surface area contributed by atoms with Gasteiger partial charge in [-0.3, -0.25) is 0 Å². The van der Waals surface area contributed by atoms with Crippen molar-refractivity contribution in [3.63, 3.8) is 0 Å². The number of benzene rings is 8. The molecule has 0 N–H and O–H groups in total. The van der Waals surface area contributed by atoms with Gasteiger partial charge in [-0.15, -0.1) is 0 Å². The minimum Gasteiger partial charge on any atom is -0.456 e. The van der Waals surface area contributed by atoms with Crippen molar-refractivity contribution in [1.29, 1.82) is 0 Å². The standard InChI is InChI=1S/C48H28ClN3O/c49-29-21-24-46-38(25-29)48-45(52-42-19-9-3-13-34(42)35-14-4-10-20-43(35)52)27-31(28-47(48)53-46)51-41-18-8-5-15-36(41)37-26-30(22-23-44(37)51)50-39-16-6-1-11-32(39)33-12-2-7-17-40(33)50/h1-28H. The Kier molecular flexibility index (Phi) is 5.80. The van der Waals surface area contributed by atoms with Crippen molar-refractivity contribution in [3.8, 4) is 17.1 Å². The van der Waals surface area contributed by atoms with E-state index in [-0.39, 0.29) is 0 Å². The molecule has 0 saturated carbocycles. The number of aromatic nitrogens is 3. The van der Waals surface area contributed by atoms with Crippen LogP contribution in [-0.4, -0.2) is 13.7 Å². The third kappa shape index (κ3) is 3.96. The second-order valence-corrected chi connectivity index (χ2v) is 14.3. The zero-order valence-corrected chi connectivity index (χ0v) is 29.0. The lowest BCUT2D eigenvalue weighted by molar-refractivity contribution is 0.668. The maximum Gasteiger partial charge on any atom is 0.139 e. The van der Waals surface area contributed by atoms with Crippen LogP contribution >= 0.6 is 11.6 Å². The SMILES string of the molecule is Clc1ccc2oc3cc(-n4c5ccccc5c5cc(-n6c7ccccc7c7ccccc76)ccc54)cc(-n4c5ccccc5c5ccccc54)c3c2c1. The monoisotopic (exact) mass is 697 g/mol. The van der Waals surface area contributed by atoms with Gasteiger partial charge in [-0.2, -0.15) is 0 Å². The number of para-hydroxylation sites is 5. The smallest absolute Gasteiger partial charge is 0.139 e. The number of hydrogen-bond acceptors (Lipinski definition) is 1. The van der Waals surface area contributed by atoms with Crippen molar-refractivity contribution in [2.75, 3.05) is 0 Å². The molecule has 0 saturated heterocycles. The van der Waals surface area contributed by atoms with E-state index in [0.29, 0.717) is 5.02 Å². The number of furan rings is 1. The molecule has 12 aromatic rings. The normalized spacial score (nSPS) is 12.2. The average Bonchev–Trinajstić information content (AvgIpc) is 3.94. The molecule has 0 aliphatic rings. The first-order valence-corrected chi connectivity index (χ1v) is 18.3. The van der Waals surface area contributed by atoms with Crippen LogP contribution in [0.5, 0.6) is 0 Å². The van der Waals surface area contributed by atoms with E-state index < -0.39 is 0 Å². The molecule has 8 aromatic carbocycles. The molecule has 12 rings (SSSR count). The lowest BCUT2D eigenvalue weighted by Gasteiger charge is -2.15. The summed E-state index contributed by atoms with van der Waals surface area (Å²) in [6.07, 6.45) is 0. The maximum absolute atomic E-state index is 6.69. The van der Waals surface area contributed by atoms with Gasteiger partial charge in [-0.05, 0) is 72.8 Å². The van der Waals surface area contributed by atoms with Crippen LogP contribution in [0.15, 0.2) is 174 Å². The second kappa shape index (κ2) is 10.6. The number of nitrogens with zero attached hydrogens (tertiary/aromatic N) is 3. The Balaban J connectivity index is 1.19. The molecular weight excluding hydrogens is 670 g/mol. The summed E-state index contributed by atoms with van der Waals surface area (Å²) >= 11 is 6.65. The highest BCUT2D eigenvalue weighted by Crippen LogP contribution is 2.43. The Bertz CT molecular complexity index is 3380. The Hall–Kier alpha value is -6.75. The molecular formula is C48H28ClN3O. The lowest BCUT2D eigenvalue weighted by Crippen LogP contribution is -2.00. The highest BCUT2D eigenvalue weighted by atomic mass is 35.5. The van der Waals surface area contributed by atoms with Crippen molar-refractivity contribution in [2.24, 2.45) is 0 Å². The minimum atomic E-state index is 0.680. The van der Waals surface area contributed by atoms with Crippen LogP contribution in [0.1, 0.15) is 0 Å². The first kappa shape index (κ1) is 28.9. The highest BCUT2D eigenvalue weighted by molar-refractivity contribution is 6.32. The summed E-state index contributed by atoms with van der Waals surface area (Å²) < 4.78 is 13.9. The van der Waals surface area contributed by atoms with Gasteiger partial charge in [0.1, 0.15) is 11.2 Å². The van der Waals surface area contributed by atoms with Gasteiger partial charge in [-0.25, -0.2) is 0 Å². The van der Waals surface area contributed by atoms with E-state index in [0.717, 1.165) is 61.1 Å². The van der Waals surface area contributed by atoms with Gasteiger partial charge in [0.2, 0.25) is 0 Å². The van der Waals surface area contributed by atoms with Crippen molar-refractivity contribution in [2.45, 2.75) is 0 Å². The molecule has 0 unspecified atom stereocenters. The lowest BCUT2D eigenvalue weighted by atomic mass is 10.1. The molecule has 0 atom stereocenters. The van der Waals surface area contributed by atoms with Crippen LogP contribution in [0.2, 0.25) is 5.02 Å². The molecule has 0 aliphatic carbocycles. The van der Waals surface area contributed by atoms with Gasteiger partial charge < -0.3 is 18.1 Å². The van der Waals surface area contributed by atoms with Gasteiger partial charge >= 0.3 is 0 Å². The zero-order chi connectivity index (χ0) is 34.8. The Labute approximate surface area is 307 Å². The number of fused-ring (bicyclic) bond motifs is 12. The molecule has 0 radical (unpaired) electrons. The van der Waals surface area contributed by atoms with Crippen LogP contribution in [-0.2, 0) is 0 Å². The fraction of sp³-hybridized carbons (Fsp3) is 0. The molecule has 0 bridgehead atoms. The third-order valence-corrected chi connectivity index (χ3v) is 11.3. The average molecular weight is 698 g/mol. The van der Waals surface area contributed by atoms with Crippen molar-refractivity contribution in [3.05, 3.63) is 175 Å². The third-order valence-electron chi connectivity index (χ3n) is 11.1. The van der Waals surface area contributed by atoms with Gasteiger partial charge in [0.25, 0.3) is 0 Å². The van der Waals surface area contributed by atoms with E-state index in [1.54, 1.807) is 0 Å². The summed E-state index contributed by atoms with van der Waals surface area (Å²) in [7, 11) is 0. The van der Waals surface area contributed by atoms with Crippen molar-refractivity contribution >= 4 is 99.0 Å². The predicted octanol–water partition coefficient (Wildman–Crippen LogP) is 13.5.